The van der Waals surface area contributed by atoms with Crippen molar-refractivity contribution < 1.29 is 13.9 Å². The lowest BCUT2D eigenvalue weighted by Gasteiger charge is -2.08. The Morgan fingerprint density at radius 2 is 1.75 bits per heavy atom. The fraction of sp³-hybridized carbons (Fsp3) is 0.0800. The number of carbonyl (C=O) groups is 1. The summed E-state index contributed by atoms with van der Waals surface area (Å²) in [5.41, 5.74) is 3.68. The van der Waals surface area contributed by atoms with E-state index in [1.165, 1.54) is 12.1 Å². The van der Waals surface area contributed by atoms with Crippen molar-refractivity contribution in [3.8, 4) is 17.0 Å². The average Bonchev–Trinajstić information content (AvgIpc) is 3.18. The second-order valence-corrected chi connectivity index (χ2v) is 7.33. The lowest BCUT2D eigenvalue weighted by Crippen LogP contribution is -2.19. The Hall–Kier alpha value is -4.26. The number of halogens is 1. The Morgan fingerprint density at radius 3 is 2.50 bits per heavy atom. The van der Waals surface area contributed by atoms with Crippen molar-refractivity contribution in [3.05, 3.63) is 84.8 Å². The Morgan fingerprint density at radius 1 is 1.00 bits per heavy atom. The van der Waals surface area contributed by atoms with Crippen LogP contribution in [-0.4, -0.2) is 27.8 Å². The SMILES string of the molecule is COc1ccc(NC(=O)Cn2nc(-c3ccc(F)cc3)c3cnc4ccccc4c32)cc1. The van der Waals surface area contributed by atoms with E-state index in [0.29, 0.717) is 17.1 Å². The van der Waals surface area contributed by atoms with E-state index in [0.717, 1.165) is 27.4 Å². The van der Waals surface area contributed by atoms with Gasteiger partial charge in [-0.3, -0.25) is 14.5 Å². The smallest absolute Gasteiger partial charge is 0.246 e. The predicted octanol–water partition coefficient (Wildman–Crippen LogP) is 5.04. The van der Waals surface area contributed by atoms with Gasteiger partial charge in [0.25, 0.3) is 0 Å². The number of nitrogens with zero attached hydrogens (tertiary/aromatic N) is 3. The number of pyridine rings is 1. The Balaban J connectivity index is 1.57. The van der Waals surface area contributed by atoms with Crippen molar-refractivity contribution in [2.45, 2.75) is 6.54 Å². The summed E-state index contributed by atoms with van der Waals surface area (Å²) >= 11 is 0. The zero-order valence-corrected chi connectivity index (χ0v) is 17.2. The molecule has 0 spiro atoms. The molecule has 0 aliphatic carbocycles. The van der Waals surface area contributed by atoms with E-state index >= 15 is 0 Å². The quantitative estimate of drug-likeness (QED) is 0.428. The maximum absolute atomic E-state index is 13.5. The lowest BCUT2D eigenvalue weighted by atomic mass is 10.1. The summed E-state index contributed by atoms with van der Waals surface area (Å²) in [6, 6.07) is 21.0. The largest absolute Gasteiger partial charge is 0.497 e. The topological polar surface area (TPSA) is 69.0 Å². The van der Waals surface area contributed by atoms with Crippen molar-refractivity contribution in [3.63, 3.8) is 0 Å². The minimum absolute atomic E-state index is 0.0116. The van der Waals surface area contributed by atoms with Gasteiger partial charge in [0.15, 0.2) is 0 Å². The number of aromatic nitrogens is 3. The van der Waals surface area contributed by atoms with Crippen LogP contribution in [0.15, 0.2) is 79.0 Å². The molecule has 7 heteroatoms. The number of nitrogens with one attached hydrogen (secondary N) is 1. The summed E-state index contributed by atoms with van der Waals surface area (Å²) in [6.07, 6.45) is 1.75. The number of ether oxygens (including phenoxy) is 1. The van der Waals surface area contributed by atoms with Crippen LogP contribution in [0.25, 0.3) is 33.1 Å². The van der Waals surface area contributed by atoms with Gasteiger partial charge in [0, 0.05) is 28.2 Å². The number of fused-ring (bicyclic) bond motifs is 3. The highest BCUT2D eigenvalue weighted by molar-refractivity contribution is 6.08. The van der Waals surface area contributed by atoms with Crippen LogP contribution >= 0.6 is 0 Å². The van der Waals surface area contributed by atoms with Gasteiger partial charge in [-0.15, -0.1) is 0 Å². The highest BCUT2D eigenvalue weighted by Crippen LogP contribution is 2.32. The Bertz CT molecular complexity index is 1430. The van der Waals surface area contributed by atoms with Gasteiger partial charge in [0.05, 0.1) is 18.1 Å². The second-order valence-electron chi connectivity index (χ2n) is 7.33. The molecule has 3 aromatic carbocycles. The van der Waals surface area contributed by atoms with E-state index in [9.17, 15) is 9.18 Å². The molecule has 0 fully saturated rings. The van der Waals surface area contributed by atoms with Gasteiger partial charge in [-0.1, -0.05) is 18.2 Å². The average molecular weight is 426 g/mol. The molecule has 5 rings (SSSR count). The van der Waals surface area contributed by atoms with Crippen molar-refractivity contribution in [2.75, 3.05) is 12.4 Å². The molecule has 5 aromatic rings. The van der Waals surface area contributed by atoms with Crippen LogP contribution in [0.3, 0.4) is 0 Å². The molecule has 1 amide bonds. The van der Waals surface area contributed by atoms with E-state index in [4.69, 9.17) is 9.84 Å². The van der Waals surface area contributed by atoms with Crippen molar-refractivity contribution in [1.82, 2.24) is 14.8 Å². The summed E-state index contributed by atoms with van der Waals surface area (Å²) in [4.78, 5) is 17.4. The van der Waals surface area contributed by atoms with Crippen LogP contribution in [0.4, 0.5) is 10.1 Å². The van der Waals surface area contributed by atoms with Gasteiger partial charge in [-0.2, -0.15) is 5.10 Å². The highest BCUT2D eigenvalue weighted by Gasteiger charge is 2.18. The third-order valence-corrected chi connectivity index (χ3v) is 5.27. The molecular weight excluding hydrogens is 407 g/mol. The zero-order valence-electron chi connectivity index (χ0n) is 17.2. The van der Waals surface area contributed by atoms with E-state index in [-0.39, 0.29) is 18.3 Å². The molecule has 0 radical (unpaired) electrons. The maximum Gasteiger partial charge on any atom is 0.246 e. The molecule has 32 heavy (non-hydrogen) atoms. The number of methoxy groups -OCH3 is 1. The summed E-state index contributed by atoms with van der Waals surface area (Å²) in [5.74, 6) is 0.176. The summed E-state index contributed by atoms with van der Waals surface area (Å²) in [5, 5.41) is 9.30. The van der Waals surface area contributed by atoms with Crippen LogP contribution in [-0.2, 0) is 11.3 Å². The number of para-hydroxylation sites is 1. The van der Waals surface area contributed by atoms with Gasteiger partial charge in [-0.05, 0) is 54.6 Å². The standard InChI is InChI=1S/C25H19FN4O2/c1-32-19-12-10-18(11-13-19)28-23(31)15-30-25-20-4-2-3-5-22(20)27-14-21(25)24(29-30)16-6-8-17(26)9-7-16/h2-14H,15H2,1H3,(H,28,31). The van der Waals surface area contributed by atoms with Crippen molar-refractivity contribution >= 4 is 33.4 Å². The first-order chi connectivity index (χ1) is 15.6. The van der Waals surface area contributed by atoms with Crippen LogP contribution in [0.5, 0.6) is 5.75 Å². The van der Waals surface area contributed by atoms with E-state index in [1.807, 2.05) is 24.3 Å². The third kappa shape index (κ3) is 3.65. The molecule has 0 unspecified atom stereocenters. The van der Waals surface area contributed by atoms with Crippen LogP contribution in [0.1, 0.15) is 0 Å². The Kier molecular flexibility index (Phi) is 4.99. The first-order valence-corrected chi connectivity index (χ1v) is 10.1. The summed E-state index contributed by atoms with van der Waals surface area (Å²) in [6.45, 7) is 0.0116. The first-order valence-electron chi connectivity index (χ1n) is 10.1. The molecule has 6 nitrogen and oxygen atoms in total. The van der Waals surface area contributed by atoms with Crippen LogP contribution < -0.4 is 10.1 Å². The van der Waals surface area contributed by atoms with Gasteiger partial charge < -0.3 is 10.1 Å². The van der Waals surface area contributed by atoms with Gasteiger partial charge in [0.1, 0.15) is 23.8 Å². The summed E-state index contributed by atoms with van der Waals surface area (Å²) in [7, 11) is 1.59. The molecule has 158 valence electrons. The maximum atomic E-state index is 13.5. The molecule has 0 atom stereocenters. The minimum atomic E-state index is -0.320. The van der Waals surface area contributed by atoms with Gasteiger partial charge in [-0.25, -0.2) is 4.39 Å². The molecule has 1 N–H and O–H groups in total. The van der Waals surface area contributed by atoms with E-state index < -0.39 is 0 Å². The third-order valence-electron chi connectivity index (χ3n) is 5.27. The summed E-state index contributed by atoms with van der Waals surface area (Å²) < 4.78 is 20.3. The normalized spacial score (nSPS) is 11.1. The lowest BCUT2D eigenvalue weighted by molar-refractivity contribution is -0.116. The number of carbonyl (C=O) groups excluding carboxylic acids is 1. The number of rotatable bonds is 5. The minimum Gasteiger partial charge on any atom is -0.497 e. The molecule has 0 aliphatic heterocycles. The first kappa shape index (κ1) is 19.7. The molecule has 2 aromatic heterocycles. The fourth-order valence-electron chi connectivity index (χ4n) is 3.75. The monoisotopic (exact) mass is 426 g/mol. The zero-order chi connectivity index (χ0) is 22.1. The van der Waals surface area contributed by atoms with Crippen molar-refractivity contribution in [2.24, 2.45) is 0 Å². The van der Waals surface area contributed by atoms with E-state index in [1.54, 1.807) is 54.4 Å². The number of hydrogen-bond donors (Lipinski definition) is 1. The second kappa shape index (κ2) is 8.11. The van der Waals surface area contributed by atoms with Gasteiger partial charge >= 0.3 is 0 Å². The molecule has 0 saturated heterocycles. The fourth-order valence-corrected chi connectivity index (χ4v) is 3.75. The number of hydrogen-bond acceptors (Lipinski definition) is 4. The predicted molar refractivity (Wildman–Crippen MR) is 122 cm³/mol. The number of amides is 1. The molecule has 0 aliphatic rings. The van der Waals surface area contributed by atoms with Crippen LogP contribution in [0, 0.1) is 5.82 Å². The van der Waals surface area contributed by atoms with E-state index in [2.05, 4.69) is 10.3 Å². The molecule has 2 heterocycles. The Labute approximate surface area is 183 Å². The molecular formula is C25H19FN4O2. The number of anilines is 1. The number of benzene rings is 3. The van der Waals surface area contributed by atoms with Crippen molar-refractivity contribution in [1.29, 1.82) is 0 Å². The molecule has 0 bridgehead atoms. The molecule has 0 saturated carbocycles. The van der Waals surface area contributed by atoms with Gasteiger partial charge in [0.2, 0.25) is 5.91 Å². The van der Waals surface area contributed by atoms with Crippen LogP contribution in [0.2, 0.25) is 0 Å². The highest BCUT2D eigenvalue weighted by atomic mass is 19.1.